The van der Waals surface area contributed by atoms with Gasteiger partial charge in [-0.05, 0) is 13.3 Å². The Balaban J connectivity index is 3.63. The highest BCUT2D eigenvalue weighted by Crippen LogP contribution is 1.80. The summed E-state index contributed by atoms with van der Waals surface area (Å²) in [7, 11) is 0. The van der Waals surface area contributed by atoms with Gasteiger partial charge in [0.25, 0.3) is 0 Å². The molecule has 4 nitrogen and oxygen atoms in total. The van der Waals surface area contributed by atoms with Gasteiger partial charge in [-0.3, -0.25) is 5.43 Å². The number of unbranched alkanes of at least 4 members (excludes halogenated alkanes) is 1. The van der Waals surface area contributed by atoms with Crippen LogP contribution in [-0.2, 0) is 4.79 Å². The Labute approximate surface area is 78.0 Å². The zero-order chi connectivity index (χ0) is 10.1. The molecule has 0 aromatic heterocycles. The third-order valence-corrected chi connectivity index (χ3v) is 1.22. The molecule has 72 valence electrons. The van der Waals surface area contributed by atoms with Crippen LogP contribution in [0.4, 0.5) is 0 Å². The molecule has 0 saturated carbocycles. The minimum absolute atomic E-state index is 0.0392. The predicted molar refractivity (Wildman–Crippen MR) is 51.4 cm³/mol. The molecule has 0 aliphatic heterocycles. The molecule has 0 aromatic carbocycles. The Hall–Kier alpha value is -1.50. The molecule has 0 aromatic rings. The smallest absolute Gasteiger partial charge is 0.351 e. The molecule has 0 atom stereocenters. The molecule has 0 amide bonds. The van der Waals surface area contributed by atoms with E-state index in [1.54, 1.807) is 0 Å². The van der Waals surface area contributed by atoms with Gasteiger partial charge < -0.3 is 5.11 Å². The van der Waals surface area contributed by atoms with Gasteiger partial charge in [-0.2, -0.15) is 5.10 Å². The molecule has 0 fully saturated rings. The fourth-order valence-corrected chi connectivity index (χ4v) is 0.521. The number of rotatable bonds is 4. The number of nitrogens with zero attached hydrogens (tertiary/aromatic N) is 1. The van der Waals surface area contributed by atoms with Crippen LogP contribution >= 0.6 is 0 Å². The lowest BCUT2D eigenvalue weighted by atomic mass is 10.3. The van der Waals surface area contributed by atoms with Crippen molar-refractivity contribution in [1.82, 2.24) is 5.43 Å². The molecular formula is C9H14N2O2. The van der Waals surface area contributed by atoms with Crippen LogP contribution in [0.25, 0.3) is 0 Å². The summed E-state index contributed by atoms with van der Waals surface area (Å²) in [5.41, 5.74) is 2.60. The quantitative estimate of drug-likeness (QED) is 0.293. The van der Waals surface area contributed by atoms with Crippen molar-refractivity contribution in [2.24, 2.45) is 5.10 Å². The van der Waals surface area contributed by atoms with E-state index in [0.717, 1.165) is 12.8 Å². The summed E-state index contributed by atoms with van der Waals surface area (Å²) in [6.07, 6.45) is 1.90. The third kappa shape index (κ3) is 6.88. The van der Waals surface area contributed by atoms with Gasteiger partial charge in [0.2, 0.25) is 0 Å². The monoisotopic (exact) mass is 182 g/mol. The van der Waals surface area contributed by atoms with Gasteiger partial charge in [0.15, 0.2) is 0 Å². The van der Waals surface area contributed by atoms with Crippen molar-refractivity contribution in [3.63, 3.8) is 0 Å². The summed E-state index contributed by atoms with van der Waals surface area (Å²) in [4.78, 5) is 10.3. The SMILES string of the molecule is CCCC#CCNN=C(C)C(=O)O. The van der Waals surface area contributed by atoms with Crippen LogP contribution in [0.5, 0.6) is 0 Å². The number of nitrogens with one attached hydrogen (secondary N) is 1. The lowest BCUT2D eigenvalue weighted by molar-refractivity contribution is -0.129. The van der Waals surface area contributed by atoms with Gasteiger partial charge in [-0.15, -0.1) is 5.92 Å². The molecule has 0 heterocycles. The van der Waals surface area contributed by atoms with Crippen LogP contribution in [0.3, 0.4) is 0 Å². The summed E-state index contributed by atoms with van der Waals surface area (Å²) < 4.78 is 0. The van der Waals surface area contributed by atoms with Crippen LogP contribution in [0, 0.1) is 11.8 Å². The van der Waals surface area contributed by atoms with E-state index in [1.165, 1.54) is 6.92 Å². The van der Waals surface area contributed by atoms with Gasteiger partial charge >= 0.3 is 5.97 Å². The highest BCUT2D eigenvalue weighted by molar-refractivity contribution is 6.34. The highest BCUT2D eigenvalue weighted by Gasteiger charge is 1.98. The highest BCUT2D eigenvalue weighted by atomic mass is 16.4. The van der Waals surface area contributed by atoms with Crippen molar-refractivity contribution in [3.05, 3.63) is 0 Å². The predicted octanol–water partition coefficient (Wildman–Crippen LogP) is 0.840. The number of hydrogen-bond acceptors (Lipinski definition) is 3. The van der Waals surface area contributed by atoms with Crippen LogP contribution in [0.1, 0.15) is 26.7 Å². The summed E-state index contributed by atoms with van der Waals surface area (Å²) in [6, 6.07) is 0. The summed E-state index contributed by atoms with van der Waals surface area (Å²) in [5, 5.41) is 12.0. The molecule has 0 saturated heterocycles. The second kappa shape index (κ2) is 7.17. The Morgan fingerprint density at radius 3 is 2.77 bits per heavy atom. The average Bonchev–Trinajstić information content (AvgIpc) is 2.10. The number of carboxylic acids is 1. The van der Waals surface area contributed by atoms with E-state index < -0.39 is 5.97 Å². The van der Waals surface area contributed by atoms with Gasteiger partial charge in [-0.1, -0.05) is 12.8 Å². The van der Waals surface area contributed by atoms with E-state index in [4.69, 9.17) is 5.11 Å². The number of hydrogen-bond donors (Lipinski definition) is 2. The van der Waals surface area contributed by atoms with Gasteiger partial charge in [0.1, 0.15) is 5.71 Å². The summed E-state index contributed by atoms with van der Waals surface area (Å²) >= 11 is 0. The second-order valence-corrected chi connectivity index (χ2v) is 2.44. The minimum Gasteiger partial charge on any atom is -0.477 e. The molecule has 0 bridgehead atoms. The van der Waals surface area contributed by atoms with E-state index in [-0.39, 0.29) is 5.71 Å². The Morgan fingerprint density at radius 2 is 2.23 bits per heavy atom. The molecule has 0 unspecified atom stereocenters. The third-order valence-electron chi connectivity index (χ3n) is 1.22. The fraction of sp³-hybridized carbons (Fsp3) is 0.556. The zero-order valence-electron chi connectivity index (χ0n) is 7.92. The Kier molecular flexibility index (Phi) is 6.34. The van der Waals surface area contributed by atoms with E-state index in [2.05, 4.69) is 29.3 Å². The first-order valence-corrected chi connectivity index (χ1v) is 4.14. The zero-order valence-corrected chi connectivity index (χ0v) is 7.92. The molecule has 2 N–H and O–H groups in total. The van der Waals surface area contributed by atoms with Crippen molar-refractivity contribution in [1.29, 1.82) is 0 Å². The Morgan fingerprint density at radius 1 is 1.54 bits per heavy atom. The van der Waals surface area contributed by atoms with Crippen molar-refractivity contribution in [2.45, 2.75) is 26.7 Å². The molecule has 0 radical (unpaired) electrons. The normalized spacial score (nSPS) is 10.2. The number of carbonyl (C=O) groups is 1. The molecular weight excluding hydrogens is 168 g/mol. The van der Waals surface area contributed by atoms with Crippen LogP contribution in [0.15, 0.2) is 5.10 Å². The summed E-state index contributed by atoms with van der Waals surface area (Å²) in [5.74, 6) is 4.71. The van der Waals surface area contributed by atoms with Crippen molar-refractivity contribution in [3.8, 4) is 11.8 Å². The molecule has 13 heavy (non-hydrogen) atoms. The largest absolute Gasteiger partial charge is 0.477 e. The van der Waals surface area contributed by atoms with Crippen molar-refractivity contribution < 1.29 is 9.90 Å². The van der Waals surface area contributed by atoms with E-state index in [1.807, 2.05) is 0 Å². The van der Waals surface area contributed by atoms with E-state index in [0.29, 0.717) is 6.54 Å². The molecule has 0 spiro atoms. The second-order valence-electron chi connectivity index (χ2n) is 2.44. The van der Waals surface area contributed by atoms with Gasteiger partial charge in [-0.25, -0.2) is 4.79 Å². The van der Waals surface area contributed by atoms with Gasteiger partial charge in [0, 0.05) is 6.42 Å². The number of carboxylic acid groups (broad SMARTS) is 1. The molecule has 0 aliphatic carbocycles. The molecule has 0 rings (SSSR count). The maximum atomic E-state index is 10.3. The number of aliphatic carboxylic acids is 1. The number of hydrazone groups is 1. The van der Waals surface area contributed by atoms with Crippen molar-refractivity contribution >= 4 is 11.7 Å². The fourth-order valence-electron chi connectivity index (χ4n) is 0.521. The molecule has 4 heteroatoms. The first-order chi connectivity index (χ1) is 6.18. The molecule has 0 aliphatic rings. The van der Waals surface area contributed by atoms with Crippen molar-refractivity contribution in [2.75, 3.05) is 6.54 Å². The topological polar surface area (TPSA) is 61.7 Å². The summed E-state index contributed by atoms with van der Waals surface area (Å²) in [6.45, 7) is 3.87. The lowest BCUT2D eigenvalue weighted by Crippen LogP contribution is -2.15. The van der Waals surface area contributed by atoms with Gasteiger partial charge in [0.05, 0.1) is 6.54 Å². The first kappa shape index (κ1) is 11.5. The maximum absolute atomic E-state index is 10.3. The lowest BCUT2D eigenvalue weighted by Gasteiger charge is -1.93. The maximum Gasteiger partial charge on any atom is 0.351 e. The minimum atomic E-state index is -1.02. The van der Waals surface area contributed by atoms with E-state index in [9.17, 15) is 4.79 Å². The average molecular weight is 182 g/mol. The Bertz CT molecular complexity index is 248. The van der Waals surface area contributed by atoms with E-state index >= 15 is 0 Å². The van der Waals surface area contributed by atoms with Crippen LogP contribution < -0.4 is 5.43 Å². The van der Waals surface area contributed by atoms with Crippen LogP contribution in [-0.4, -0.2) is 23.3 Å². The van der Waals surface area contributed by atoms with Crippen LogP contribution in [0.2, 0.25) is 0 Å². The standard InChI is InChI=1S/C9H14N2O2/c1-3-4-5-6-7-10-11-8(2)9(12)13/h10H,3-4,7H2,1-2H3,(H,12,13). The first-order valence-electron chi connectivity index (χ1n) is 4.14.